The Balaban J connectivity index is 0.00000341. The van der Waals surface area contributed by atoms with Gasteiger partial charge in [0.25, 0.3) is 0 Å². The third-order valence-electron chi connectivity index (χ3n) is 4.89. The van der Waals surface area contributed by atoms with E-state index in [1.807, 2.05) is 18.3 Å². The first-order valence-corrected chi connectivity index (χ1v) is 9.58. The van der Waals surface area contributed by atoms with Gasteiger partial charge in [-0.1, -0.05) is 0 Å². The second-order valence-electron chi connectivity index (χ2n) is 6.62. The topological polar surface area (TPSA) is 79.9 Å². The fourth-order valence-electron chi connectivity index (χ4n) is 3.33. The van der Waals surface area contributed by atoms with Crippen molar-refractivity contribution in [1.82, 2.24) is 15.6 Å². The fraction of sp³-hybridized carbons (Fsp3) is 0.318. The molecule has 0 spiro atoms. The summed E-state index contributed by atoms with van der Waals surface area (Å²) in [7, 11) is 6.53. The number of aromatic nitrogens is 1. The van der Waals surface area contributed by atoms with Crippen LogP contribution in [0.1, 0.15) is 11.1 Å². The normalized spacial score (nSPS) is 11.1. The summed E-state index contributed by atoms with van der Waals surface area (Å²) in [6.45, 7) is 1.13. The Hall–Kier alpha value is -2.69. The van der Waals surface area contributed by atoms with Gasteiger partial charge in [-0.2, -0.15) is 0 Å². The molecule has 0 atom stereocenters. The highest BCUT2D eigenvalue weighted by atomic mass is 127. The Morgan fingerprint density at radius 3 is 2.35 bits per heavy atom. The maximum Gasteiger partial charge on any atom is 0.191 e. The number of nitrogens with one attached hydrogen (secondary N) is 3. The summed E-state index contributed by atoms with van der Waals surface area (Å²) >= 11 is 0. The van der Waals surface area contributed by atoms with Crippen LogP contribution in [0, 0.1) is 5.82 Å². The van der Waals surface area contributed by atoms with Crippen LogP contribution in [-0.2, 0) is 13.0 Å². The van der Waals surface area contributed by atoms with E-state index in [0.717, 1.165) is 28.5 Å². The van der Waals surface area contributed by atoms with Crippen LogP contribution in [0.5, 0.6) is 17.2 Å². The van der Waals surface area contributed by atoms with E-state index in [-0.39, 0.29) is 29.8 Å². The Morgan fingerprint density at radius 1 is 1.03 bits per heavy atom. The molecule has 0 bridgehead atoms. The predicted octanol–water partition coefficient (Wildman–Crippen LogP) is 3.86. The van der Waals surface area contributed by atoms with Gasteiger partial charge in [-0.25, -0.2) is 4.39 Å². The highest BCUT2D eigenvalue weighted by Crippen LogP contribution is 2.33. The number of aromatic amines is 1. The minimum Gasteiger partial charge on any atom is -0.496 e. The van der Waals surface area contributed by atoms with E-state index in [1.165, 1.54) is 12.1 Å². The summed E-state index contributed by atoms with van der Waals surface area (Å²) in [6.07, 6.45) is 2.68. The first-order chi connectivity index (χ1) is 14.6. The summed E-state index contributed by atoms with van der Waals surface area (Å²) in [5, 5.41) is 7.60. The largest absolute Gasteiger partial charge is 0.496 e. The molecule has 0 aliphatic rings. The third kappa shape index (κ3) is 5.93. The standard InChI is InChI=1S/C22H27FN4O3.HI/c1-24-22(25-8-7-14-12-26-19-9-15(23)5-6-17(14)19)27-13-18-20(29-3)10-16(28-2)11-21(18)30-4;/h5-6,9-12,26H,7-8,13H2,1-4H3,(H2,24,25,27);1H. The molecular formula is C22H28FIN4O3. The average molecular weight is 542 g/mol. The minimum atomic E-state index is -0.247. The van der Waals surface area contributed by atoms with Crippen molar-refractivity contribution in [2.24, 2.45) is 4.99 Å². The molecule has 168 valence electrons. The number of H-pyrrole nitrogens is 1. The quantitative estimate of drug-likeness (QED) is 0.229. The lowest BCUT2D eigenvalue weighted by atomic mass is 10.1. The predicted molar refractivity (Wildman–Crippen MR) is 132 cm³/mol. The molecule has 3 aromatic rings. The van der Waals surface area contributed by atoms with Crippen molar-refractivity contribution in [2.45, 2.75) is 13.0 Å². The first-order valence-electron chi connectivity index (χ1n) is 9.58. The van der Waals surface area contributed by atoms with Crippen molar-refractivity contribution < 1.29 is 18.6 Å². The monoisotopic (exact) mass is 542 g/mol. The highest BCUT2D eigenvalue weighted by Gasteiger charge is 2.14. The van der Waals surface area contributed by atoms with Crippen molar-refractivity contribution in [3.05, 3.63) is 53.5 Å². The van der Waals surface area contributed by atoms with Crippen LogP contribution in [0.15, 0.2) is 41.5 Å². The lowest BCUT2D eigenvalue weighted by molar-refractivity contribution is 0.368. The molecule has 0 unspecified atom stereocenters. The van der Waals surface area contributed by atoms with Gasteiger partial charge in [0.2, 0.25) is 0 Å². The molecule has 0 amide bonds. The first kappa shape index (κ1) is 24.6. The number of methoxy groups -OCH3 is 3. The number of rotatable bonds is 8. The number of guanidine groups is 1. The van der Waals surface area contributed by atoms with Crippen molar-refractivity contribution in [3.8, 4) is 17.2 Å². The van der Waals surface area contributed by atoms with Gasteiger partial charge in [0.05, 0.1) is 33.4 Å². The van der Waals surface area contributed by atoms with Gasteiger partial charge in [0, 0.05) is 42.8 Å². The number of hydrogen-bond acceptors (Lipinski definition) is 4. The number of halogens is 2. The molecule has 1 aromatic heterocycles. The van der Waals surface area contributed by atoms with Crippen molar-refractivity contribution in [2.75, 3.05) is 34.9 Å². The maximum atomic E-state index is 13.3. The number of fused-ring (bicyclic) bond motifs is 1. The molecular weight excluding hydrogens is 514 g/mol. The second-order valence-corrected chi connectivity index (χ2v) is 6.62. The number of ether oxygens (including phenoxy) is 3. The third-order valence-corrected chi connectivity index (χ3v) is 4.89. The van der Waals surface area contributed by atoms with Crippen molar-refractivity contribution >= 4 is 40.8 Å². The summed E-state index contributed by atoms with van der Waals surface area (Å²) in [6, 6.07) is 8.41. The van der Waals surface area contributed by atoms with Crippen LogP contribution in [0.25, 0.3) is 10.9 Å². The van der Waals surface area contributed by atoms with Crippen molar-refractivity contribution in [3.63, 3.8) is 0 Å². The van der Waals surface area contributed by atoms with Gasteiger partial charge in [0.15, 0.2) is 5.96 Å². The zero-order valence-corrected chi connectivity index (χ0v) is 20.4. The van der Waals surface area contributed by atoms with Crippen LogP contribution in [0.2, 0.25) is 0 Å². The van der Waals surface area contributed by atoms with E-state index in [9.17, 15) is 4.39 Å². The molecule has 9 heteroatoms. The molecule has 0 fully saturated rings. The summed E-state index contributed by atoms with van der Waals surface area (Å²) in [4.78, 5) is 7.38. The fourth-order valence-corrected chi connectivity index (χ4v) is 3.33. The Morgan fingerprint density at radius 2 is 1.74 bits per heavy atom. The smallest absolute Gasteiger partial charge is 0.191 e. The highest BCUT2D eigenvalue weighted by molar-refractivity contribution is 14.0. The van der Waals surface area contributed by atoms with Gasteiger partial charge in [-0.05, 0) is 30.2 Å². The van der Waals surface area contributed by atoms with Gasteiger partial charge >= 0.3 is 0 Å². The minimum absolute atomic E-state index is 0. The van der Waals surface area contributed by atoms with Crippen LogP contribution >= 0.6 is 24.0 Å². The Labute approximate surface area is 198 Å². The van der Waals surface area contributed by atoms with Gasteiger partial charge in [-0.3, -0.25) is 4.99 Å². The molecule has 1 heterocycles. The lowest BCUT2D eigenvalue weighted by Gasteiger charge is -2.17. The van der Waals surface area contributed by atoms with Crippen molar-refractivity contribution in [1.29, 1.82) is 0 Å². The molecule has 0 saturated carbocycles. The van der Waals surface area contributed by atoms with E-state index in [4.69, 9.17) is 14.2 Å². The van der Waals surface area contributed by atoms with Gasteiger partial charge < -0.3 is 29.8 Å². The molecule has 31 heavy (non-hydrogen) atoms. The number of benzene rings is 2. The maximum absolute atomic E-state index is 13.3. The molecule has 3 rings (SSSR count). The van der Waals surface area contributed by atoms with E-state index in [1.54, 1.807) is 34.4 Å². The number of nitrogens with zero attached hydrogens (tertiary/aromatic N) is 1. The molecule has 0 radical (unpaired) electrons. The van der Waals surface area contributed by atoms with Crippen LogP contribution < -0.4 is 24.8 Å². The van der Waals surface area contributed by atoms with Crippen LogP contribution in [0.3, 0.4) is 0 Å². The van der Waals surface area contributed by atoms with Crippen LogP contribution in [0.4, 0.5) is 4.39 Å². The number of aliphatic imine (C=N–C) groups is 1. The van der Waals surface area contributed by atoms with Gasteiger partial charge in [0.1, 0.15) is 23.1 Å². The molecule has 3 N–H and O–H groups in total. The molecule has 0 saturated heterocycles. The summed E-state index contributed by atoms with van der Waals surface area (Å²) in [5.41, 5.74) is 2.78. The summed E-state index contributed by atoms with van der Waals surface area (Å²) < 4.78 is 29.6. The van der Waals surface area contributed by atoms with E-state index in [2.05, 4.69) is 20.6 Å². The lowest BCUT2D eigenvalue weighted by Crippen LogP contribution is -2.38. The van der Waals surface area contributed by atoms with Crippen LogP contribution in [-0.4, -0.2) is 45.9 Å². The van der Waals surface area contributed by atoms with Gasteiger partial charge in [-0.15, -0.1) is 24.0 Å². The van der Waals surface area contributed by atoms with E-state index < -0.39 is 0 Å². The Bertz CT molecular complexity index is 1010. The summed E-state index contributed by atoms with van der Waals surface area (Å²) in [5.74, 6) is 2.40. The molecule has 2 aromatic carbocycles. The second kappa shape index (κ2) is 11.6. The van der Waals surface area contributed by atoms with E-state index in [0.29, 0.717) is 36.3 Å². The average Bonchev–Trinajstić information content (AvgIpc) is 3.17. The SMILES string of the molecule is CN=C(NCCc1c[nH]c2cc(F)ccc12)NCc1c(OC)cc(OC)cc1OC.I. The Kier molecular flexibility index (Phi) is 9.22. The zero-order valence-electron chi connectivity index (χ0n) is 18.0. The zero-order chi connectivity index (χ0) is 21.5. The van der Waals surface area contributed by atoms with E-state index >= 15 is 0 Å². The number of hydrogen-bond donors (Lipinski definition) is 3. The molecule has 0 aliphatic carbocycles. The molecule has 7 nitrogen and oxygen atoms in total. The molecule has 0 aliphatic heterocycles.